The van der Waals surface area contributed by atoms with Gasteiger partial charge in [0.1, 0.15) is 17.1 Å². The van der Waals surface area contributed by atoms with Gasteiger partial charge in [-0.15, -0.1) is 32.9 Å². The van der Waals surface area contributed by atoms with Crippen molar-refractivity contribution < 1.29 is 4.74 Å². The van der Waals surface area contributed by atoms with Crippen molar-refractivity contribution in [3.63, 3.8) is 0 Å². The first kappa shape index (κ1) is 16.3. The molecule has 0 saturated heterocycles. The van der Waals surface area contributed by atoms with Crippen LogP contribution in [0.3, 0.4) is 0 Å². The summed E-state index contributed by atoms with van der Waals surface area (Å²) in [5, 5.41) is 14.4. The quantitative estimate of drug-likeness (QED) is 0.448. The number of nitrogens with zero attached hydrogens (tertiary/aromatic N) is 4. The fraction of sp³-hybridized carbons (Fsp3) is 0.118. The molecule has 4 aromatic rings. The molecule has 0 aliphatic heterocycles. The van der Waals surface area contributed by atoms with Gasteiger partial charge in [-0.05, 0) is 23.6 Å². The molecule has 8 heteroatoms. The molecule has 126 valence electrons. The molecule has 25 heavy (non-hydrogen) atoms. The zero-order valence-electron chi connectivity index (χ0n) is 13.3. The summed E-state index contributed by atoms with van der Waals surface area (Å²) in [6, 6.07) is 12.0. The van der Waals surface area contributed by atoms with Crippen LogP contribution in [0.1, 0.15) is 5.69 Å². The lowest BCUT2D eigenvalue weighted by Crippen LogP contribution is -1.96. The summed E-state index contributed by atoms with van der Waals surface area (Å²) < 4.78 is 7.25. The van der Waals surface area contributed by atoms with Crippen LogP contribution in [0.15, 0.2) is 58.6 Å². The number of benzene rings is 1. The summed E-state index contributed by atoms with van der Waals surface area (Å²) >= 11 is 5.01. The molecule has 0 fully saturated rings. The van der Waals surface area contributed by atoms with Gasteiger partial charge in [0.15, 0.2) is 5.16 Å². The van der Waals surface area contributed by atoms with E-state index in [2.05, 4.69) is 27.0 Å². The molecule has 0 bridgehead atoms. The van der Waals surface area contributed by atoms with Gasteiger partial charge < -0.3 is 4.74 Å². The lowest BCUT2D eigenvalue weighted by atomic mass is 10.3. The van der Waals surface area contributed by atoms with E-state index >= 15 is 0 Å². The molecule has 0 aliphatic rings. The van der Waals surface area contributed by atoms with Gasteiger partial charge in [0, 0.05) is 17.2 Å². The summed E-state index contributed by atoms with van der Waals surface area (Å²) in [7, 11) is 1.66. The summed E-state index contributed by atoms with van der Waals surface area (Å²) in [5.41, 5.74) is 2.03. The third kappa shape index (κ3) is 3.60. The average molecular weight is 387 g/mol. The van der Waals surface area contributed by atoms with E-state index in [-0.39, 0.29) is 0 Å². The summed E-state index contributed by atoms with van der Waals surface area (Å²) in [6.07, 6.45) is 1.72. The van der Waals surface area contributed by atoms with E-state index in [1.54, 1.807) is 47.9 Å². The van der Waals surface area contributed by atoms with Crippen molar-refractivity contribution in [3.8, 4) is 21.3 Å². The van der Waals surface area contributed by atoms with Crippen molar-refractivity contribution in [2.24, 2.45) is 0 Å². The van der Waals surface area contributed by atoms with Gasteiger partial charge >= 0.3 is 0 Å². The average Bonchev–Trinajstić information content (AvgIpc) is 3.40. The van der Waals surface area contributed by atoms with Crippen molar-refractivity contribution >= 4 is 34.4 Å². The fourth-order valence-electron chi connectivity index (χ4n) is 2.29. The van der Waals surface area contributed by atoms with Gasteiger partial charge in [-0.25, -0.2) is 4.98 Å². The van der Waals surface area contributed by atoms with E-state index in [0.717, 1.165) is 33.0 Å². The molecule has 0 radical (unpaired) electrons. The van der Waals surface area contributed by atoms with E-state index in [4.69, 9.17) is 9.72 Å². The van der Waals surface area contributed by atoms with Gasteiger partial charge in [0.05, 0.1) is 23.4 Å². The van der Waals surface area contributed by atoms with E-state index in [9.17, 15) is 0 Å². The second-order valence-corrected chi connectivity index (χ2v) is 7.84. The highest BCUT2D eigenvalue weighted by Crippen LogP contribution is 2.30. The zero-order valence-corrected chi connectivity index (χ0v) is 15.8. The maximum Gasteiger partial charge on any atom is 0.195 e. The zero-order chi connectivity index (χ0) is 17.1. The Morgan fingerprint density at radius 1 is 1.20 bits per heavy atom. The maximum atomic E-state index is 5.29. The molecular weight excluding hydrogens is 372 g/mol. The third-order valence-electron chi connectivity index (χ3n) is 3.48. The SMILES string of the molecule is COc1cccc(-n2cnnc2SCc2csc(-c3cccs3)n2)c1. The maximum absolute atomic E-state index is 5.29. The van der Waals surface area contributed by atoms with Crippen molar-refractivity contribution in [1.82, 2.24) is 19.7 Å². The van der Waals surface area contributed by atoms with E-state index in [1.807, 2.05) is 34.9 Å². The molecule has 0 spiro atoms. The molecule has 0 N–H and O–H groups in total. The van der Waals surface area contributed by atoms with Crippen LogP contribution >= 0.6 is 34.4 Å². The van der Waals surface area contributed by atoms with Crippen molar-refractivity contribution in [2.75, 3.05) is 7.11 Å². The molecule has 0 saturated carbocycles. The number of hydrogen-bond acceptors (Lipinski definition) is 7. The van der Waals surface area contributed by atoms with Crippen molar-refractivity contribution in [1.29, 1.82) is 0 Å². The minimum Gasteiger partial charge on any atom is -0.497 e. The van der Waals surface area contributed by atoms with Gasteiger partial charge in [0.2, 0.25) is 0 Å². The molecule has 0 amide bonds. The first-order chi connectivity index (χ1) is 12.3. The van der Waals surface area contributed by atoms with Crippen LogP contribution in [-0.2, 0) is 5.75 Å². The van der Waals surface area contributed by atoms with Gasteiger partial charge in [-0.1, -0.05) is 23.9 Å². The molecule has 0 unspecified atom stereocenters. The Kier molecular flexibility index (Phi) is 4.82. The molecular formula is C17H14N4OS3. The monoisotopic (exact) mass is 386 g/mol. The minimum atomic E-state index is 0.755. The first-order valence-electron chi connectivity index (χ1n) is 7.49. The molecule has 0 aliphatic carbocycles. The van der Waals surface area contributed by atoms with Crippen molar-refractivity contribution in [2.45, 2.75) is 10.9 Å². The number of aromatic nitrogens is 4. The number of rotatable bonds is 6. The number of hydrogen-bond donors (Lipinski definition) is 0. The topological polar surface area (TPSA) is 52.8 Å². The highest BCUT2D eigenvalue weighted by Gasteiger charge is 2.11. The van der Waals surface area contributed by atoms with E-state index in [0.29, 0.717) is 0 Å². The minimum absolute atomic E-state index is 0.755. The van der Waals surface area contributed by atoms with Gasteiger partial charge in [0.25, 0.3) is 0 Å². The Labute approximate surface area is 157 Å². The number of thiazole rings is 1. The summed E-state index contributed by atoms with van der Waals surface area (Å²) in [5.74, 6) is 1.56. The molecule has 4 rings (SSSR count). The smallest absolute Gasteiger partial charge is 0.195 e. The van der Waals surface area contributed by atoms with Gasteiger partial charge in [-0.3, -0.25) is 4.57 Å². The summed E-state index contributed by atoms with van der Waals surface area (Å²) in [4.78, 5) is 5.92. The Bertz CT molecular complexity index is 962. The van der Waals surface area contributed by atoms with Crippen LogP contribution in [0, 0.1) is 0 Å². The molecule has 3 heterocycles. The Hall–Kier alpha value is -2.16. The highest BCUT2D eigenvalue weighted by atomic mass is 32.2. The van der Waals surface area contributed by atoms with Crippen molar-refractivity contribution in [3.05, 3.63) is 59.2 Å². The second-order valence-electron chi connectivity index (χ2n) is 5.09. The van der Waals surface area contributed by atoms with E-state index < -0.39 is 0 Å². The van der Waals surface area contributed by atoms with Gasteiger partial charge in [-0.2, -0.15) is 0 Å². The molecule has 1 aromatic carbocycles. The lowest BCUT2D eigenvalue weighted by Gasteiger charge is -2.07. The summed E-state index contributed by atoms with van der Waals surface area (Å²) in [6.45, 7) is 0. The van der Waals surface area contributed by atoms with Crippen LogP contribution in [-0.4, -0.2) is 26.9 Å². The second kappa shape index (κ2) is 7.38. The van der Waals surface area contributed by atoms with Crippen LogP contribution in [0.25, 0.3) is 15.6 Å². The van der Waals surface area contributed by atoms with Crippen LogP contribution in [0.4, 0.5) is 0 Å². The molecule has 5 nitrogen and oxygen atoms in total. The highest BCUT2D eigenvalue weighted by molar-refractivity contribution is 7.98. The number of ether oxygens (including phenoxy) is 1. The number of methoxy groups -OCH3 is 1. The standard InChI is InChI=1S/C17H14N4OS3/c1-22-14-5-2-4-13(8-14)21-11-18-20-17(21)25-10-12-9-24-16(19-12)15-6-3-7-23-15/h2-9,11H,10H2,1H3. The van der Waals surface area contributed by atoms with Crippen LogP contribution < -0.4 is 4.74 Å². The molecule has 3 aromatic heterocycles. The Balaban J connectivity index is 1.50. The fourth-order valence-corrected chi connectivity index (χ4v) is 4.85. The largest absolute Gasteiger partial charge is 0.497 e. The first-order valence-corrected chi connectivity index (χ1v) is 10.2. The van der Waals surface area contributed by atoms with Crippen LogP contribution in [0.5, 0.6) is 5.75 Å². The van der Waals surface area contributed by atoms with Crippen LogP contribution in [0.2, 0.25) is 0 Å². The number of thioether (sulfide) groups is 1. The Morgan fingerprint density at radius 3 is 3.00 bits per heavy atom. The van der Waals surface area contributed by atoms with E-state index in [1.165, 1.54) is 4.88 Å². The predicted octanol–water partition coefficient (Wildman–Crippen LogP) is 4.75. The Morgan fingerprint density at radius 2 is 2.16 bits per heavy atom. The molecule has 0 atom stereocenters. The normalized spacial score (nSPS) is 10.9. The number of thiophene rings is 1. The lowest BCUT2D eigenvalue weighted by molar-refractivity contribution is 0.414. The third-order valence-corrected chi connectivity index (χ3v) is 6.39. The predicted molar refractivity (Wildman–Crippen MR) is 103 cm³/mol.